The average molecular weight is 478 g/mol. The highest BCUT2D eigenvalue weighted by molar-refractivity contribution is 7.90. The number of sulfone groups is 1. The maximum absolute atomic E-state index is 13.4. The van der Waals surface area contributed by atoms with E-state index in [4.69, 9.17) is 22.2 Å². The lowest BCUT2D eigenvalue weighted by molar-refractivity contribution is 0.127. The van der Waals surface area contributed by atoms with Crippen molar-refractivity contribution < 1.29 is 12.8 Å². The second kappa shape index (κ2) is 8.71. The van der Waals surface area contributed by atoms with Crippen LogP contribution in [0.2, 0.25) is 0 Å². The molecule has 2 aromatic heterocycles. The second-order valence-corrected chi connectivity index (χ2v) is 11.0. The third-order valence-corrected chi connectivity index (χ3v) is 7.04. The number of hydrogen-bond acceptors (Lipinski definition) is 10. The van der Waals surface area contributed by atoms with E-state index in [1.807, 2.05) is 17.0 Å². The first-order valence-corrected chi connectivity index (χ1v) is 12.7. The first-order chi connectivity index (χ1) is 15.1. The Morgan fingerprint density at radius 3 is 2.50 bits per heavy atom. The fourth-order valence-electron chi connectivity index (χ4n) is 3.62. The van der Waals surface area contributed by atoms with Crippen molar-refractivity contribution in [3.05, 3.63) is 59.7 Å². The molecule has 32 heavy (non-hydrogen) atoms. The molecule has 3 heterocycles. The van der Waals surface area contributed by atoms with Crippen LogP contribution in [0.25, 0.3) is 10.6 Å². The highest BCUT2D eigenvalue weighted by Gasteiger charge is 2.37. The molecule has 170 valence electrons. The van der Waals surface area contributed by atoms with Gasteiger partial charge in [0, 0.05) is 25.5 Å². The Balaban J connectivity index is 1.74. The zero-order valence-electron chi connectivity index (χ0n) is 17.3. The van der Waals surface area contributed by atoms with Gasteiger partial charge in [0.05, 0.1) is 27.7 Å². The van der Waals surface area contributed by atoms with Gasteiger partial charge in [0.25, 0.3) is 0 Å². The van der Waals surface area contributed by atoms with E-state index in [1.54, 1.807) is 23.2 Å². The first-order valence-electron chi connectivity index (χ1n) is 9.81. The number of anilines is 2. The smallest absolute Gasteiger partial charge is 0.180 e. The molecule has 1 aromatic carbocycles. The number of thiazole rings is 1. The van der Waals surface area contributed by atoms with E-state index in [1.165, 1.54) is 29.7 Å². The highest BCUT2D eigenvalue weighted by Crippen LogP contribution is 2.37. The Kier molecular flexibility index (Phi) is 6.14. The van der Waals surface area contributed by atoms with Gasteiger partial charge in [0.2, 0.25) is 0 Å². The number of benzene rings is 1. The van der Waals surface area contributed by atoms with Gasteiger partial charge in [-0.15, -0.1) is 0 Å². The van der Waals surface area contributed by atoms with E-state index in [0.29, 0.717) is 23.1 Å². The van der Waals surface area contributed by atoms with Crippen LogP contribution in [-0.2, 0) is 16.4 Å². The van der Waals surface area contributed by atoms with Crippen LogP contribution in [0.3, 0.4) is 0 Å². The summed E-state index contributed by atoms with van der Waals surface area (Å²) in [6.45, 7) is 0.505. The number of halogens is 1. The molecule has 0 saturated heterocycles. The zero-order valence-corrected chi connectivity index (χ0v) is 19.0. The lowest BCUT2D eigenvalue weighted by atomic mass is 10.1. The van der Waals surface area contributed by atoms with Crippen LogP contribution in [0.5, 0.6) is 0 Å². The van der Waals surface area contributed by atoms with Crippen LogP contribution < -0.4 is 22.1 Å². The fourth-order valence-corrected chi connectivity index (χ4v) is 4.82. The predicted octanol–water partition coefficient (Wildman–Crippen LogP) is 1.49. The molecule has 3 aromatic rings. The highest BCUT2D eigenvalue weighted by atomic mass is 32.2. The summed E-state index contributed by atoms with van der Waals surface area (Å²) < 4.78 is 36.9. The molecule has 0 bridgehead atoms. The average Bonchev–Trinajstić information content (AvgIpc) is 3.17. The summed E-state index contributed by atoms with van der Waals surface area (Å²) in [5.41, 5.74) is 21.6. The molecule has 6 N–H and O–H groups in total. The maximum atomic E-state index is 13.4. The van der Waals surface area contributed by atoms with E-state index in [2.05, 4.69) is 4.98 Å². The van der Waals surface area contributed by atoms with E-state index in [0.717, 1.165) is 16.1 Å². The first kappa shape index (κ1) is 22.6. The predicted molar refractivity (Wildman–Crippen MR) is 124 cm³/mol. The molecule has 4 rings (SSSR count). The van der Waals surface area contributed by atoms with Gasteiger partial charge < -0.3 is 16.4 Å². The van der Waals surface area contributed by atoms with Crippen LogP contribution in [0, 0.1) is 5.82 Å². The monoisotopic (exact) mass is 477 g/mol. The van der Waals surface area contributed by atoms with E-state index in [-0.39, 0.29) is 18.1 Å². The molecule has 2 atom stereocenters. The van der Waals surface area contributed by atoms with Crippen LogP contribution in [-0.4, -0.2) is 48.1 Å². The summed E-state index contributed by atoms with van der Waals surface area (Å²) in [6.07, 6.45) is 1.40. The maximum Gasteiger partial charge on any atom is 0.180 e. The Bertz CT molecular complexity index is 1220. The number of nitrogens with two attached hydrogens (primary N) is 3. The van der Waals surface area contributed by atoms with Crippen molar-refractivity contribution in [3.8, 4) is 10.6 Å². The third-order valence-electron chi connectivity index (χ3n) is 5.27. The molecule has 1 aliphatic rings. The van der Waals surface area contributed by atoms with Gasteiger partial charge in [0.1, 0.15) is 28.1 Å². The van der Waals surface area contributed by atoms with E-state index < -0.39 is 22.3 Å². The zero-order chi connectivity index (χ0) is 23.0. The van der Waals surface area contributed by atoms with Crippen LogP contribution >= 0.6 is 11.3 Å². The minimum absolute atomic E-state index is 0.0980. The van der Waals surface area contributed by atoms with Gasteiger partial charge in [0.15, 0.2) is 5.13 Å². The normalized spacial score (nSPS) is 19.2. The second-order valence-electron chi connectivity index (χ2n) is 7.64. The fraction of sp³-hybridized carbons (Fsp3) is 0.300. The lowest BCUT2D eigenvalue weighted by Crippen LogP contribution is -2.61. The molecule has 0 saturated carbocycles. The minimum atomic E-state index is -3.23. The van der Waals surface area contributed by atoms with Crippen molar-refractivity contribution in [2.45, 2.75) is 19.0 Å². The Morgan fingerprint density at radius 2 is 1.88 bits per heavy atom. The van der Waals surface area contributed by atoms with Gasteiger partial charge in [-0.1, -0.05) is 23.5 Å². The summed E-state index contributed by atoms with van der Waals surface area (Å²) in [6, 6.07) is 9.85. The van der Waals surface area contributed by atoms with Crippen LogP contribution in [0.4, 0.5) is 15.2 Å². The van der Waals surface area contributed by atoms with Gasteiger partial charge in [-0.05, 0) is 29.8 Å². The van der Waals surface area contributed by atoms with Crippen molar-refractivity contribution >= 4 is 32.0 Å². The van der Waals surface area contributed by atoms with Gasteiger partial charge in [-0.2, -0.15) is 0 Å². The Labute approximate surface area is 189 Å². The molecule has 1 aliphatic heterocycles. The van der Waals surface area contributed by atoms with Crippen molar-refractivity contribution in [3.63, 3.8) is 0 Å². The number of pyridine rings is 1. The number of nitrogen functional groups attached to an aromatic ring is 1. The molecule has 12 heteroatoms. The molecule has 9 nitrogen and oxygen atoms in total. The molecular formula is C20H24FN7O2S2. The SMILES string of the molecule is CS(=O)(=O)CCN1C(N)c2nc(-c3cnc(N)s3)ccc2N(Cc2ccc(F)cc2)C1N. The van der Waals surface area contributed by atoms with Gasteiger partial charge >= 0.3 is 0 Å². The molecule has 0 radical (unpaired) electrons. The van der Waals surface area contributed by atoms with Crippen LogP contribution in [0.15, 0.2) is 42.6 Å². The van der Waals surface area contributed by atoms with Crippen molar-refractivity contribution in [1.82, 2.24) is 14.9 Å². The van der Waals surface area contributed by atoms with Crippen molar-refractivity contribution in [2.24, 2.45) is 11.5 Å². The molecule has 0 spiro atoms. The summed E-state index contributed by atoms with van der Waals surface area (Å²) in [4.78, 5) is 13.2. The van der Waals surface area contributed by atoms with Crippen LogP contribution in [0.1, 0.15) is 17.4 Å². The third kappa shape index (κ3) is 4.74. The van der Waals surface area contributed by atoms with Crippen molar-refractivity contribution in [2.75, 3.05) is 29.2 Å². The Morgan fingerprint density at radius 1 is 1.16 bits per heavy atom. The number of aromatic nitrogens is 2. The van der Waals surface area contributed by atoms with E-state index in [9.17, 15) is 12.8 Å². The quantitative estimate of drug-likeness (QED) is 0.481. The van der Waals surface area contributed by atoms with Gasteiger partial charge in [-0.3, -0.25) is 5.73 Å². The number of fused-ring (bicyclic) bond motifs is 1. The number of rotatable bonds is 6. The van der Waals surface area contributed by atoms with Gasteiger partial charge in [-0.25, -0.2) is 27.7 Å². The van der Waals surface area contributed by atoms with E-state index >= 15 is 0 Å². The molecule has 0 amide bonds. The topological polar surface area (TPSA) is 144 Å². The summed E-state index contributed by atoms with van der Waals surface area (Å²) in [5.74, 6) is -0.428. The minimum Gasteiger partial charge on any atom is -0.375 e. The standard InChI is InChI=1S/C20H24FN7O2S2/c1-32(29,30)9-8-27-18(22)17-15(7-6-14(26-17)16-10-25-19(23)31-16)28(20(27)24)11-12-2-4-13(21)5-3-12/h2-7,10,18,20H,8-9,11,22,24H2,1H3,(H2,23,25). The molecule has 0 aliphatic carbocycles. The lowest BCUT2D eigenvalue weighted by Gasteiger charge is -2.46. The van der Waals surface area contributed by atoms with Crippen molar-refractivity contribution in [1.29, 1.82) is 0 Å². The molecule has 0 fully saturated rings. The number of hydrogen-bond donors (Lipinski definition) is 3. The molecular weight excluding hydrogens is 453 g/mol. The Hall–Kier alpha value is -2.64. The summed E-state index contributed by atoms with van der Waals surface area (Å²) in [7, 11) is -3.23. The summed E-state index contributed by atoms with van der Waals surface area (Å²) >= 11 is 1.31. The molecule has 2 unspecified atom stereocenters. The largest absolute Gasteiger partial charge is 0.375 e. The summed E-state index contributed by atoms with van der Waals surface area (Å²) in [5, 5.41) is 0.429. The number of nitrogens with zero attached hydrogens (tertiary/aromatic N) is 4.